The topological polar surface area (TPSA) is 69.7 Å². The van der Waals surface area contributed by atoms with Crippen molar-refractivity contribution in [2.45, 2.75) is 33.1 Å². The average molecular weight is 489 g/mol. The smallest absolute Gasteiger partial charge is 0.226 e. The molecule has 0 aliphatic heterocycles. The van der Waals surface area contributed by atoms with Crippen molar-refractivity contribution in [2.75, 3.05) is 7.11 Å². The molecule has 0 bridgehead atoms. The minimum Gasteiger partial charge on any atom is -0.493 e. The summed E-state index contributed by atoms with van der Waals surface area (Å²) in [5.74, 6) is 2.00. The minimum atomic E-state index is -0.0929. The first-order chi connectivity index (χ1) is 17.1. The van der Waals surface area contributed by atoms with Gasteiger partial charge in [0, 0.05) is 11.9 Å². The number of carbonyl (C=O) groups is 1. The Hall–Kier alpha value is -3.84. The fraction of sp³-hybridized carbons (Fsp3) is 0.214. The van der Waals surface area contributed by atoms with Crippen molar-refractivity contribution in [1.29, 1.82) is 0 Å². The Morgan fingerprint density at radius 3 is 2.49 bits per heavy atom. The fourth-order valence-electron chi connectivity index (χ4n) is 3.38. The molecule has 7 heteroatoms. The lowest BCUT2D eigenvalue weighted by Gasteiger charge is -2.13. The summed E-state index contributed by atoms with van der Waals surface area (Å²) in [5.41, 5.74) is 3.92. The van der Waals surface area contributed by atoms with Crippen LogP contribution in [-0.2, 0) is 31.0 Å². The molecule has 0 spiro atoms. The van der Waals surface area contributed by atoms with Crippen LogP contribution in [0.5, 0.6) is 17.2 Å². The standard InChI is InChI=1S/C28H28N2O4S/c1-20-8-11-24(12-9-20)33-18-28-30-23(19-35-28)15-27(31)29-16-22-10-13-25(26(14-22)32-2)34-17-21-6-4-3-5-7-21/h3-14,19H,15-18H2,1-2H3,(H,29,31). The second-order valence-corrected chi connectivity index (χ2v) is 8.99. The number of amides is 1. The summed E-state index contributed by atoms with van der Waals surface area (Å²) < 4.78 is 17.2. The van der Waals surface area contributed by atoms with E-state index in [1.165, 1.54) is 16.9 Å². The Morgan fingerprint density at radius 2 is 1.71 bits per heavy atom. The van der Waals surface area contributed by atoms with Crippen LogP contribution in [0.3, 0.4) is 0 Å². The first-order valence-corrected chi connectivity index (χ1v) is 12.2. The van der Waals surface area contributed by atoms with E-state index in [0.29, 0.717) is 31.3 Å². The molecular formula is C28H28N2O4S. The molecule has 4 rings (SSSR count). The lowest BCUT2D eigenvalue weighted by atomic mass is 10.2. The van der Waals surface area contributed by atoms with Gasteiger partial charge in [-0.15, -0.1) is 11.3 Å². The number of rotatable bonds is 11. The van der Waals surface area contributed by atoms with Crippen LogP contribution in [0, 0.1) is 6.92 Å². The van der Waals surface area contributed by atoms with Crippen LogP contribution < -0.4 is 19.5 Å². The molecular weight excluding hydrogens is 460 g/mol. The van der Waals surface area contributed by atoms with E-state index in [4.69, 9.17) is 14.2 Å². The Balaban J connectivity index is 1.25. The lowest BCUT2D eigenvalue weighted by molar-refractivity contribution is -0.120. The molecule has 35 heavy (non-hydrogen) atoms. The molecule has 4 aromatic rings. The Morgan fingerprint density at radius 1 is 0.914 bits per heavy atom. The van der Waals surface area contributed by atoms with Crippen LogP contribution in [0.25, 0.3) is 0 Å². The van der Waals surface area contributed by atoms with Gasteiger partial charge in [-0.25, -0.2) is 4.98 Å². The van der Waals surface area contributed by atoms with E-state index in [9.17, 15) is 4.79 Å². The number of methoxy groups -OCH3 is 1. The highest BCUT2D eigenvalue weighted by Gasteiger charge is 2.10. The highest BCUT2D eigenvalue weighted by Crippen LogP contribution is 2.29. The zero-order valence-electron chi connectivity index (χ0n) is 19.8. The second kappa shape index (κ2) is 12.0. The van der Waals surface area contributed by atoms with E-state index in [2.05, 4.69) is 10.3 Å². The summed E-state index contributed by atoms with van der Waals surface area (Å²) in [7, 11) is 1.61. The van der Waals surface area contributed by atoms with Gasteiger partial charge in [0.05, 0.1) is 19.2 Å². The number of benzene rings is 3. The number of ether oxygens (including phenoxy) is 3. The zero-order valence-corrected chi connectivity index (χ0v) is 20.6. The van der Waals surface area contributed by atoms with Gasteiger partial charge < -0.3 is 19.5 Å². The molecule has 1 N–H and O–H groups in total. The summed E-state index contributed by atoms with van der Waals surface area (Å²) in [6.07, 6.45) is 0.219. The number of thiazole rings is 1. The summed E-state index contributed by atoms with van der Waals surface area (Å²) in [4.78, 5) is 17.0. The summed E-state index contributed by atoms with van der Waals surface area (Å²) in [6.45, 7) is 3.27. The Kier molecular flexibility index (Phi) is 8.35. The number of aromatic nitrogens is 1. The van der Waals surface area contributed by atoms with Gasteiger partial charge in [-0.2, -0.15) is 0 Å². The van der Waals surface area contributed by atoms with E-state index >= 15 is 0 Å². The molecule has 0 saturated carbocycles. The molecule has 0 atom stereocenters. The molecule has 0 saturated heterocycles. The first-order valence-electron chi connectivity index (χ1n) is 11.3. The molecule has 0 radical (unpaired) electrons. The predicted molar refractivity (Wildman–Crippen MR) is 137 cm³/mol. The van der Waals surface area contributed by atoms with Gasteiger partial charge in [0.15, 0.2) is 11.5 Å². The van der Waals surface area contributed by atoms with Crippen LogP contribution in [0.4, 0.5) is 0 Å². The van der Waals surface area contributed by atoms with Crippen LogP contribution in [-0.4, -0.2) is 18.0 Å². The third-order valence-corrected chi connectivity index (χ3v) is 6.15. The van der Waals surface area contributed by atoms with Gasteiger partial charge in [0.1, 0.15) is 24.0 Å². The number of aryl methyl sites for hydroxylation is 1. The SMILES string of the molecule is COc1cc(CNC(=O)Cc2csc(COc3ccc(C)cc3)n2)ccc1OCc1ccccc1. The zero-order chi connectivity index (χ0) is 24.5. The monoisotopic (exact) mass is 488 g/mol. The molecule has 1 aromatic heterocycles. The number of nitrogens with zero attached hydrogens (tertiary/aromatic N) is 1. The van der Waals surface area contributed by atoms with Crippen LogP contribution in [0.15, 0.2) is 78.2 Å². The van der Waals surface area contributed by atoms with E-state index in [1.54, 1.807) is 7.11 Å². The molecule has 180 valence electrons. The maximum Gasteiger partial charge on any atom is 0.226 e. The van der Waals surface area contributed by atoms with Crippen molar-refractivity contribution < 1.29 is 19.0 Å². The molecule has 0 fully saturated rings. The quantitative estimate of drug-likeness (QED) is 0.303. The van der Waals surface area contributed by atoms with Gasteiger partial charge in [0.2, 0.25) is 5.91 Å². The van der Waals surface area contributed by atoms with Crippen molar-refractivity contribution in [3.05, 3.63) is 106 Å². The molecule has 0 aliphatic carbocycles. The van der Waals surface area contributed by atoms with Crippen molar-refractivity contribution in [2.24, 2.45) is 0 Å². The number of nitrogens with one attached hydrogen (secondary N) is 1. The summed E-state index contributed by atoms with van der Waals surface area (Å²) in [5, 5.41) is 5.68. The van der Waals surface area contributed by atoms with Crippen molar-refractivity contribution >= 4 is 17.2 Å². The van der Waals surface area contributed by atoms with Gasteiger partial charge >= 0.3 is 0 Å². The largest absolute Gasteiger partial charge is 0.493 e. The number of carbonyl (C=O) groups excluding carboxylic acids is 1. The molecule has 0 aliphatic rings. The van der Waals surface area contributed by atoms with E-state index in [-0.39, 0.29) is 12.3 Å². The van der Waals surface area contributed by atoms with Crippen molar-refractivity contribution in [3.63, 3.8) is 0 Å². The Labute approximate surface area is 209 Å². The predicted octanol–water partition coefficient (Wildman–Crippen LogP) is 5.48. The van der Waals surface area contributed by atoms with Gasteiger partial charge in [0.25, 0.3) is 0 Å². The van der Waals surface area contributed by atoms with Gasteiger partial charge in [-0.05, 0) is 42.3 Å². The summed E-state index contributed by atoms with van der Waals surface area (Å²) >= 11 is 1.49. The maximum atomic E-state index is 12.5. The third kappa shape index (κ3) is 7.32. The van der Waals surface area contributed by atoms with E-state index in [1.807, 2.05) is 85.1 Å². The number of hydrogen-bond donors (Lipinski definition) is 1. The highest BCUT2D eigenvalue weighted by atomic mass is 32.1. The summed E-state index contributed by atoms with van der Waals surface area (Å²) in [6, 6.07) is 23.5. The van der Waals surface area contributed by atoms with E-state index in [0.717, 1.165) is 27.6 Å². The molecule has 0 unspecified atom stereocenters. The molecule has 3 aromatic carbocycles. The van der Waals surface area contributed by atoms with Crippen molar-refractivity contribution in [1.82, 2.24) is 10.3 Å². The number of hydrogen-bond acceptors (Lipinski definition) is 6. The highest BCUT2D eigenvalue weighted by molar-refractivity contribution is 7.09. The van der Waals surface area contributed by atoms with Gasteiger partial charge in [-0.1, -0.05) is 54.1 Å². The van der Waals surface area contributed by atoms with Crippen LogP contribution in [0.1, 0.15) is 27.4 Å². The first kappa shape index (κ1) is 24.3. The Bertz CT molecular complexity index is 1240. The second-order valence-electron chi connectivity index (χ2n) is 8.05. The molecule has 1 amide bonds. The van der Waals surface area contributed by atoms with Crippen molar-refractivity contribution in [3.8, 4) is 17.2 Å². The normalized spacial score (nSPS) is 10.6. The maximum absolute atomic E-state index is 12.5. The average Bonchev–Trinajstić information content (AvgIpc) is 3.33. The third-order valence-electron chi connectivity index (χ3n) is 5.28. The van der Waals surface area contributed by atoms with Crippen LogP contribution >= 0.6 is 11.3 Å². The fourth-order valence-corrected chi connectivity index (χ4v) is 4.09. The molecule has 1 heterocycles. The van der Waals surface area contributed by atoms with Crippen LogP contribution in [0.2, 0.25) is 0 Å². The molecule has 6 nitrogen and oxygen atoms in total. The minimum absolute atomic E-state index is 0.0929. The van der Waals surface area contributed by atoms with Gasteiger partial charge in [-0.3, -0.25) is 4.79 Å². The van der Waals surface area contributed by atoms with E-state index < -0.39 is 0 Å². The lowest BCUT2D eigenvalue weighted by Crippen LogP contribution is -2.24.